The van der Waals surface area contributed by atoms with Gasteiger partial charge in [0.1, 0.15) is 11.4 Å². The van der Waals surface area contributed by atoms with Gasteiger partial charge in [0, 0.05) is 11.6 Å². The molecule has 5 rings (SSSR count). The van der Waals surface area contributed by atoms with Gasteiger partial charge in [-0.2, -0.15) is 10.2 Å². The number of fused-ring (bicyclic) bond motifs is 1. The summed E-state index contributed by atoms with van der Waals surface area (Å²) in [7, 11) is 0. The zero-order chi connectivity index (χ0) is 21.5. The van der Waals surface area contributed by atoms with Crippen molar-refractivity contribution < 1.29 is 18.3 Å². The van der Waals surface area contributed by atoms with E-state index in [4.69, 9.17) is 4.74 Å². The number of ether oxygens (including phenoxy) is 1. The van der Waals surface area contributed by atoms with Crippen molar-refractivity contribution in [3.8, 4) is 17.3 Å². The number of rotatable bonds is 5. The normalized spacial score (nSPS) is 13.4. The van der Waals surface area contributed by atoms with Crippen LogP contribution in [0.15, 0.2) is 48.8 Å². The monoisotopic (exact) mass is 421 g/mol. The number of benzene rings is 2. The van der Waals surface area contributed by atoms with Crippen LogP contribution < -0.4 is 10.1 Å². The number of aromatic nitrogens is 4. The molecule has 0 radical (unpaired) electrons. The highest BCUT2D eigenvalue weighted by Gasteiger charge is 2.24. The molecule has 4 aromatic rings. The first kappa shape index (κ1) is 19.1. The highest BCUT2D eigenvalue weighted by Crippen LogP contribution is 2.31. The van der Waals surface area contributed by atoms with Gasteiger partial charge >= 0.3 is 0 Å². The minimum atomic E-state index is -0.755. The molecule has 2 aromatic carbocycles. The van der Waals surface area contributed by atoms with Crippen molar-refractivity contribution in [2.24, 2.45) is 0 Å². The number of amides is 1. The molecular formula is C22H17F2N5O2. The van der Waals surface area contributed by atoms with Gasteiger partial charge in [-0.05, 0) is 49.6 Å². The van der Waals surface area contributed by atoms with Crippen molar-refractivity contribution in [2.75, 3.05) is 0 Å². The Morgan fingerprint density at radius 1 is 1.16 bits per heavy atom. The van der Waals surface area contributed by atoms with Crippen LogP contribution in [0.2, 0.25) is 0 Å². The van der Waals surface area contributed by atoms with E-state index in [9.17, 15) is 13.6 Å². The minimum absolute atomic E-state index is 0.114. The highest BCUT2D eigenvalue weighted by atomic mass is 19.1. The second-order valence-corrected chi connectivity index (χ2v) is 7.41. The van der Waals surface area contributed by atoms with Gasteiger partial charge in [-0.25, -0.2) is 13.5 Å². The summed E-state index contributed by atoms with van der Waals surface area (Å²) in [5.74, 6) is -1.14. The van der Waals surface area contributed by atoms with E-state index in [0.717, 1.165) is 35.2 Å². The minimum Gasteiger partial charge on any atom is -0.437 e. The van der Waals surface area contributed by atoms with E-state index in [1.165, 1.54) is 18.5 Å². The first-order chi connectivity index (χ1) is 15.0. The molecule has 0 atom stereocenters. The average Bonchev–Trinajstić information content (AvgIpc) is 3.46. The van der Waals surface area contributed by atoms with Crippen LogP contribution in [0.3, 0.4) is 0 Å². The molecule has 0 saturated heterocycles. The van der Waals surface area contributed by atoms with Crippen LogP contribution in [0.5, 0.6) is 11.6 Å². The van der Waals surface area contributed by atoms with Crippen molar-refractivity contribution in [3.63, 3.8) is 0 Å². The van der Waals surface area contributed by atoms with Crippen LogP contribution in [0, 0.1) is 18.6 Å². The number of nitrogens with zero attached hydrogens (tertiary/aromatic N) is 4. The van der Waals surface area contributed by atoms with E-state index in [0.29, 0.717) is 22.2 Å². The number of carbonyl (C=O) groups is 1. The Hall–Kier alpha value is -3.88. The van der Waals surface area contributed by atoms with Gasteiger partial charge in [0.05, 0.1) is 23.3 Å². The SMILES string of the molecule is Cc1ccc(C(=O)NC2CC2)cc1Oc1nncc2c1cnn2-c1c(F)cccc1F. The van der Waals surface area contributed by atoms with Gasteiger partial charge in [-0.1, -0.05) is 12.1 Å². The molecule has 1 N–H and O–H groups in total. The van der Waals surface area contributed by atoms with Gasteiger partial charge in [-0.3, -0.25) is 4.79 Å². The molecule has 2 heterocycles. The molecule has 156 valence electrons. The lowest BCUT2D eigenvalue weighted by molar-refractivity contribution is 0.0950. The van der Waals surface area contributed by atoms with Crippen LogP contribution >= 0.6 is 0 Å². The molecular weight excluding hydrogens is 404 g/mol. The molecule has 2 aromatic heterocycles. The lowest BCUT2D eigenvalue weighted by atomic mass is 10.1. The zero-order valence-corrected chi connectivity index (χ0v) is 16.5. The maximum Gasteiger partial charge on any atom is 0.251 e. The van der Waals surface area contributed by atoms with E-state index < -0.39 is 11.6 Å². The van der Waals surface area contributed by atoms with E-state index in [1.54, 1.807) is 18.2 Å². The first-order valence-electron chi connectivity index (χ1n) is 9.74. The van der Waals surface area contributed by atoms with E-state index in [-0.39, 0.29) is 23.5 Å². The molecule has 1 aliphatic carbocycles. The van der Waals surface area contributed by atoms with E-state index in [2.05, 4.69) is 20.6 Å². The fourth-order valence-corrected chi connectivity index (χ4v) is 3.23. The van der Waals surface area contributed by atoms with Gasteiger partial charge < -0.3 is 10.1 Å². The molecule has 0 bridgehead atoms. The molecule has 1 saturated carbocycles. The molecule has 0 aliphatic heterocycles. The Bertz CT molecular complexity index is 1300. The van der Waals surface area contributed by atoms with Crippen molar-refractivity contribution in [1.82, 2.24) is 25.3 Å². The molecule has 0 spiro atoms. The summed E-state index contributed by atoms with van der Waals surface area (Å²) >= 11 is 0. The number of para-hydroxylation sites is 1. The summed E-state index contributed by atoms with van der Waals surface area (Å²) in [5, 5.41) is 15.4. The summed E-state index contributed by atoms with van der Waals surface area (Å²) in [5.41, 5.74) is 1.27. The molecule has 7 nitrogen and oxygen atoms in total. The topological polar surface area (TPSA) is 81.9 Å². The summed E-state index contributed by atoms with van der Waals surface area (Å²) in [6.07, 6.45) is 4.74. The standard InChI is InChI=1S/C22H17F2N5O2/c1-12-5-6-13(21(30)27-14-7-8-14)9-19(12)31-22-15-10-26-29(18(15)11-25-28-22)20-16(23)3-2-4-17(20)24/h2-6,9-11,14H,7-8H2,1H3,(H,27,30). The van der Waals surface area contributed by atoms with Crippen LogP contribution in [0.4, 0.5) is 8.78 Å². The lowest BCUT2D eigenvalue weighted by Crippen LogP contribution is -2.25. The largest absolute Gasteiger partial charge is 0.437 e. The third-order valence-corrected chi connectivity index (χ3v) is 5.08. The van der Waals surface area contributed by atoms with Crippen LogP contribution in [-0.4, -0.2) is 31.9 Å². The molecule has 1 fully saturated rings. The van der Waals surface area contributed by atoms with Crippen LogP contribution in [0.1, 0.15) is 28.8 Å². The fourth-order valence-electron chi connectivity index (χ4n) is 3.23. The summed E-state index contributed by atoms with van der Waals surface area (Å²) in [6.45, 7) is 1.84. The summed E-state index contributed by atoms with van der Waals surface area (Å²) in [4.78, 5) is 12.4. The number of carbonyl (C=O) groups excluding carboxylic acids is 1. The third-order valence-electron chi connectivity index (χ3n) is 5.08. The Labute approximate surface area is 175 Å². The summed E-state index contributed by atoms with van der Waals surface area (Å²) < 4.78 is 35.6. The smallest absolute Gasteiger partial charge is 0.251 e. The van der Waals surface area contributed by atoms with E-state index in [1.807, 2.05) is 6.92 Å². The van der Waals surface area contributed by atoms with Crippen molar-refractivity contribution in [1.29, 1.82) is 0 Å². The molecule has 1 amide bonds. The fraction of sp³-hybridized carbons (Fsp3) is 0.182. The molecule has 31 heavy (non-hydrogen) atoms. The zero-order valence-electron chi connectivity index (χ0n) is 16.5. The summed E-state index contributed by atoms with van der Waals surface area (Å²) in [6, 6.07) is 8.97. The van der Waals surface area contributed by atoms with Gasteiger partial charge in [-0.15, -0.1) is 5.10 Å². The Morgan fingerprint density at radius 3 is 2.68 bits per heavy atom. The molecule has 0 unspecified atom stereocenters. The van der Waals surface area contributed by atoms with Gasteiger partial charge in [0.15, 0.2) is 11.6 Å². The second kappa shape index (κ2) is 7.42. The lowest BCUT2D eigenvalue weighted by Gasteiger charge is -2.11. The first-order valence-corrected chi connectivity index (χ1v) is 9.74. The quantitative estimate of drug-likeness (QED) is 0.525. The number of aryl methyl sites for hydroxylation is 1. The van der Waals surface area contributed by atoms with Crippen LogP contribution in [-0.2, 0) is 0 Å². The highest BCUT2D eigenvalue weighted by molar-refractivity contribution is 5.95. The second-order valence-electron chi connectivity index (χ2n) is 7.41. The van der Waals surface area contributed by atoms with Crippen molar-refractivity contribution in [2.45, 2.75) is 25.8 Å². The number of halogens is 2. The van der Waals surface area contributed by atoms with Gasteiger partial charge in [0.25, 0.3) is 5.91 Å². The Morgan fingerprint density at radius 2 is 1.94 bits per heavy atom. The predicted molar refractivity (Wildman–Crippen MR) is 108 cm³/mol. The maximum atomic E-state index is 14.3. The predicted octanol–water partition coefficient (Wildman–Crippen LogP) is 4.09. The van der Waals surface area contributed by atoms with Crippen LogP contribution in [0.25, 0.3) is 16.6 Å². The van der Waals surface area contributed by atoms with Crippen molar-refractivity contribution >= 4 is 16.8 Å². The Balaban J connectivity index is 1.52. The molecule has 9 heteroatoms. The maximum absolute atomic E-state index is 14.3. The number of hydrogen-bond acceptors (Lipinski definition) is 5. The third kappa shape index (κ3) is 3.58. The van der Waals surface area contributed by atoms with Crippen molar-refractivity contribution in [3.05, 3.63) is 71.6 Å². The number of hydrogen-bond donors (Lipinski definition) is 1. The Kier molecular flexibility index (Phi) is 4.58. The number of nitrogens with one attached hydrogen (secondary N) is 1. The molecule has 1 aliphatic rings. The van der Waals surface area contributed by atoms with Gasteiger partial charge in [0.2, 0.25) is 5.88 Å². The van der Waals surface area contributed by atoms with E-state index >= 15 is 0 Å². The average molecular weight is 421 g/mol.